The largest absolute Gasteiger partial charge is 0.508 e. The first-order valence-electron chi connectivity index (χ1n) is 14.5. The van der Waals surface area contributed by atoms with Gasteiger partial charge in [0.15, 0.2) is 0 Å². The molecule has 13 heteroatoms. The third-order valence-electron chi connectivity index (χ3n) is 8.14. The van der Waals surface area contributed by atoms with Crippen molar-refractivity contribution < 1.29 is 35.1 Å². The van der Waals surface area contributed by atoms with Gasteiger partial charge in [0, 0.05) is 37.4 Å². The Labute approximate surface area is 263 Å². The minimum atomic E-state index is -1.51. The van der Waals surface area contributed by atoms with E-state index in [2.05, 4.69) is 0 Å². The Balaban J connectivity index is 1.61. The first kappa shape index (κ1) is 31.9. The Morgan fingerprint density at radius 3 is 1.30 bits per heavy atom. The average Bonchev–Trinajstić information content (AvgIpc) is 3.10. The maximum Gasteiger partial charge on any atom is 0.321 e. The third-order valence-corrected chi connectivity index (χ3v) is 8.14. The molecule has 13 nitrogen and oxygen atoms in total. The van der Waals surface area contributed by atoms with Gasteiger partial charge < -0.3 is 30.2 Å². The van der Waals surface area contributed by atoms with Crippen LogP contribution in [-0.2, 0) is 25.9 Å². The van der Waals surface area contributed by atoms with Gasteiger partial charge in [-0.1, -0.05) is 48.5 Å². The van der Waals surface area contributed by atoms with Gasteiger partial charge in [-0.15, -0.1) is 0 Å². The Bertz CT molecular complexity index is 1590. The second kappa shape index (κ2) is 13.6. The highest BCUT2D eigenvalue weighted by Gasteiger charge is 2.46. The summed E-state index contributed by atoms with van der Waals surface area (Å²) in [6, 6.07) is 21.2. The number of carbonyl (C=O) groups excluding carboxylic acids is 1. The smallest absolute Gasteiger partial charge is 0.321 e. The molecule has 1 fully saturated rings. The lowest BCUT2D eigenvalue weighted by molar-refractivity contribution is -0.385. The molecule has 0 unspecified atom stereocenters. The van der Waals surface area contributed by atoms with Crippen molar-refractivity contribution in [2.75, 3.05) is 0 Å². The fraction of sp³-hybridized carbons (Fsp3) is 0.242. The molecule has 0 spiro atoms. The van der Waals surface area contributed by atoms with Crippen LogP contribution >= 0.6 is 0 Å². The number of nitro groups is 2. The predicted molar refractivity (Wildman–Crippen MR) is 166 cm³/mol. The lowest BCUT2D eigenvalue weighted by atomic mass is 9.90. The number of hydrogen-bond acceptors (Lipinski definition) is 9. The number of nitrogens with zero attached hydrogens (tertiary/aromatic N) is 4. The van der Waals surface area contributed by atoms with E-state index in [1.165, 1.54) is 70.5 Å². The quantitative estimate of drug-likeness (QED) is 0.146. The number of nitro benzene ring substituents is 2. The van der Waals surface area contributed by atoms with Crippen molar-refractivity contribution >= 4 is 17.4 Å². The molecule has 0 radical (unpaired) electrons. The molecule has 2 amide bonds. The molecule has 0 bridgehead atoms. The zero-order valence-corrected chi connectivity index (χ0v) is 24.5. The van der Waals surface area contributed by atoms with Gasteiger partial charge in [0.25, 0.3) is 11.4 Å². The van der Waals surface area contributed by atoms with E-state index in [4.69, 9.17) is 0 Å². The van der Waals surface area contributed by atoms with Gasteiger partial charge >= 0.3 is 6.03 Å². The number of hydrogen-bond donors (Lipinski definition) is 4. The van der Waals surface area contributed by atoms with Crippen molar-refractivity contribution in [3.8, 4) is 11.5 Å². The van der Waals surface area contributed by atoms with Gasteiger partial charge in [0.1, 0.15) is 23.7 Å². The van der Waals surface area contributed by atoms with E-state index >= 15 is 0 Å². The van der Waals surface area contributed by atoms with Gasteiger partial charge in [0.2, 0.25) is 0 Å². The molecule has 4 aromatic carbocycles. The number of phenolic OH excluding ortho intramolecular Hbond substituents is 2. The van der Waals surface area contributed by atoms with Crippen LogP contribution in [0.4, 0.5) is 16.2 Å². The summed E-state index contributed by atoms with van der Waals surface area (Å²) in [6.07, 6.45) is -2.88. The second-order valence-electron chi connectivity index (χ2n) is 11.2. The van der Waals surface area contributed by atoms with Crippen LogP contribution < -0.4 is 0 Å². The summed E-state index contributed by atoms with van der Waals surface area (Å²) < 4.78 is 0. The molecular formula is C33H32N4O9. The number of non-ortho nitro benzene ring substituents is 2. The molecule has 1 heterocycles. The molecule has 1 aliphatic heterocycles. The van der Waals surface area contributed by atoms with Crippen LogP contribution in [0.1, 0.15) is 22.3 Å². The van der Waals surface area contributed by atoms with E-state index in [0.717, 1.165) is 0 Å². The molecule has 0 aliphatic carbocycles. The van der Waals surface area contributed by atoms with Crippen LogP contribution in [0.2, 0.25) is 0 Å². The van der Waals surface area contributed by atoms with Crippen molar-refractivity contribution in [2.45, 2.75) is 50.2 Å². The normalized spacial score (nSPS) is 19.9. The number of phenols is 2. The van der Waals surface area contributed by atoms with Crippen LogP contribution in [0.3, 0.4) is 0 Å². The van der Waals surface area contributed by atoms with Gasteiger partial charge in [-0.05, 0) is 59.4 Å². The molecular weight excluding hydrogens is 596 g/mol. The number of urea groups is 1. The summed E-state index contributed by atoms with van der Waals surface area (Å²) >= 11 is 0. The van der Waals surface area contributed by atoms with Crippen LogP contribution in [0.5, 0.6) is 11.5 Å². The number of aliphatic hydroxyl groups excluding tert-OH is 2. The van der Waals surface area contributed by atoms with Gasteiger partial charge in [-0.2, -0.15) is 0 Å². The van der Waals surface area contributed by atoms with E-state index in [0.29, 0.717) is 22.3 Å². The summed E-state index contributed by atoms with van der Waals surface area (Å²) in [6.45, 7) is -0.325. The predicted octanol–water partition coefficient (Wildman–Crippen LogP) is 4.30. The van der Waals surface area contributed by atoms with E-state index < -0.39 is 40.2 Å². The highest BCUT2D eigenvalue weighted by atomic mass is 16.6. The number of benzene rings is 4. The van der Waals surface area contributed by atoms with E-state index in [1.807, 2.05) is 0 Å². The maximum absolute atomic E-state index is 14.7. The van der Waals surface area contributed by atoms with Crippen molar-refractivity contribution in [2.24, 2.45) is 0 Å². The zero-order valence-electron chi connectivity index (χ0n) is 24.5. The SMILES string of the molecule is O=C1N(Cc2cccc([N+](=O)[O-])c2)[C@H](Cc2ccc(O)cc2)[C@H](O)[C@@H](O)[C@@H](Cc2ccc(O)cc2)N1Cc1cccc([N+](=O)[O-])c1. The first-order valence-corrected chi connectivity index (χ1v) is 14.5. The number of aromatic hydroxyl groups is 2. The lowest BCUT2D eigenvalue weighted by Crippen LogP contribution is -2.50. The van der Waals surface area contributed by atoms with Gasteiger partial charge in [-0.25, -0.2) is 4.79 Å². The topological polar surface area (TPSA) is 191 Å². The molecule has 1 aliphatic rings. The molecule has 4 atom stereocenters. The lowest BCUT2D eigenvalue weighted by Gasteiger charge is -2.35. The average molecular weight is 629 g/mol. The number of amides is 2. The van der Waals surface area contributed by atoms with Crippen LogP contribution in [0.25, 0.3) is 0 Å². The van der Waals surface area contributed by atoms with Crippen LogP contribution in [0.15, 0.2) is 97.1 Å². The Hall–Kier alpha value is -5.53. The molecule has 4 N–H and O–H groups in total. The van der Waals surface area contributed by atoms with Crippen LogP contribution in [-0.4, -0.2) is 70.4 Å². The van der Waals surface area contributed by atoms with Crippen molar-refractivity contribution in [1.82, 2.24) is 9.80 Å². The van der Waals surface area contributed by atoms with Crippen LogP contribution in [0, 0.1) is 20.2 Å². The highest BCUT2D eigenvalue weighted by Crippen LogP contribution is 2.31. The summed E-state index contributed by atoms with van der Waals surface area (Å²) in [7, 11) is 0. The number of aliphatic hydroxyl groups is 2. The molecule has 5 rings (SSSR count). The van der Waals surface area contributed by atoms with Gasteiger partial charge in [0.05, 0.1) is 21.9 Å². The van der Waals surface area contributed by atoms with E-state index in [9.17, 15) is 45.4 Å². The highest BCUT2D eigenvalue weighted by molar-refractivity contribution is 5.76. The molecule has 46 heavy (non-hydrogen) atoms. The monoisotopic (exact) mass is 628 g/mol. The van der Waals surface area contributed by atoms with Crippen molar-refractivity contribution in [3.05, 3.63) is 140 Å². The van der Waals surface area contributed by atoms with E-state index in [-0.39, 0.29) is 48.8 Å². The molecule has 0 aromatic heterocycles. The maximum atomic E-state index is 14.7. The summed E-state index contributed by atoms with van der Waals surface area (Å²) in [5, 5.41) is 66.2. The summed E-state index contributed by atoms with van der Waals surface area (Å²) in [5.74, 6) is 0.0404. The van der Waals surface area contributed by atoms with Crippen molar-refractivity contribution in [3.63, 3.8) is 0 Å². The summed E-state index contributed by atoms with van der Waals surface area (Å²) in [4.78, 5) is 39.3. The fourth-order valence-electron chi connectivity index (χ4n) is 5.78. The number of rotatable bonds is 10. The molecule has 4 aromatic rings. The first-order chi connectivity index (χ1) is 22.0. The standard InChI is InChI=1S/C33H32N4O9/c38-27-11-7-21(8-12-27)17-29-31(40)32(41)30(18-22-9-13-28(39)14-10-22)35(20-24-4-2-6-26(16-24)37(45)46)33(42)34(29)19-23-3-1-5-25(15-23)36(43)44/h1-16,29-32,38-41H,17-20H2/t29-,30-,31+,32+/m1/s1. The third kappa shape index (κ3) is 7.22. The zero-order chi connectivity index (χ0) is 33.0. The van der Waals surface area contributed by atoms with Gasteiger partial charge in [-0.3, -0.25) is 20.2 Å². The fourth-order valence-corrected chi connectivity index (χ4v) is 5.78. The summed E-state index contributed by atoms with van der Waals surface area (Å²) in [5.41, 5.74) is 1.74. The molecule has 1 saturated heterocycles. The Morgan fingerprint density at radius 1 is 0.587 bits per heavy atom. The van der Waals surface area contributed by atoms with E-state index in [1.54, 1.807) is 36.4 Å². The molecule has 0 saturated carbocycles. The number of carbonyl (C=O) groups is 1. The Kier molecular flexibility index (Phi) is 9.45. The minimum Gasteiger partial charge on any atom is -0.508 e. The Morgan fingerprint density at radius 2 is 0.957 bits per heavy atom. The second-order valence-corrected chi connectivity index (χ2v) is 11.2. The molecule has 238 valence electrons. The minimum absolute atomic E-state index is 0.0202. The van der Waals surface area contributed by atoms with Crippen molar-refractivity contribution in [1.29, 1.82) is 0 Å².